The van der Waals surface area contributed by atoms with Gasteiger partial charge in [0.25, 0.3) is 0 Å². The molecular formula is C20H16ClNO3. The maximum Gasteiger partial charge on any atom is 0.224 e. The van der Waals surface area contributed by atoms with Gasteiger partial charge in [-0.1, -0.05) is 35.9 Å². The average molecular weight is 354 g/mol. The summed E-state index contributed by atoms with van der Waals surface area (Å²) in [5.74, 6) is -0.202. The third kappa shape index (κ3) is 3.98. The van der Waals surface area contributed by atoms with Gasteiger partial charge in [-0.05, 0) is 36.4 Å². The molecule has 0 fully saturated rings. The number of amides is 1. The van der Waals surface area contributed by atoms with Crippen molar-refractivity contribution in [2.24, 2.45) is 0 Å². The Morgan fingerprint density at radius 1 is 0.880 bits per heavy atom. The van der Waals surface area contributed by atoms with Crippen LogP contribution in [-0.2, 0) is 4.79 Å². The Morgan fingerprint density at radius 2 is 1.56 bits per heavy atom. The van der Waals surface area contributed by atoms with Crippen molar-refractivity contribution in [2.45, 2.75) is 12.8 Å². The number of hydrogen-bond donors (Lipinski definition) is 2. The summed E-state index contributed by atoms with van der Waals surface area (Å²) in [6.07, 6.45) is 0.195. The molecule has 0 aliphatic heterocycles. The summed E-state index contributed by atoms with van der Waals surface area (Å²) in [6.45, 7) is 0. The van der Waals surface area contributed by atoms with Gasteiger partial charge in [0.15, 0.2) is 5.78 Å². The Hall–Kier alpha value is -2.85. The molecule has 2 N–H and O–H groups in total. The van der Waals surface area contributed by atoms with Gasteiger partial charge in [0, 0.05) is 39.9 Å². The molecule has 4 nitrogen and oxygen atoms in total. The fraction of sp³-hybridized carbons (Fsp3) is 0.100. The van der Waals surface area contributed by atoms with Gasteiger partial charge in [-0.15, -0.1) is 0 Å². The van der Waals surface area contributed by atoms with Crippen molar-refractivity contribution in [2.75, 3.05) is 5.32 Å². The topological polar surface area (TPSA) is 66.4 Å². The second-order valence-corrected chi connectivity index (χ2v) is 6.09. The first-order chi connectivity index (χ1) is 12.0. The molecule has 0 aliphatic rings. The SMILES string of the molecule is O=C(CCC(=O)c1ccc(Cl)cc1)Nc1cccc2c(O)cccc12. The highest BCUT2D eigenvalue weighted by molar-refractivity contribution is 6.30. The third-order valence-electron chi connectivity index (χ3n) is 3.92. The number of ketones is 1. The fourth-order valence-electron chi connectivity index (χ4n) is 2.62. The predicted molar refractivity (Wildman–Crippen MR) is 99.3 cm³/mol. The van der Waals surface area contributed by atoms with Crippen LogP contribution in [-0.4, -0.2) is 16.8 Å². The highest BCUT2D eigenvalue weighted by atomic mass is 35.5. The van der Waals surface area contributed by atoms with Crippen LogP contribution in [0.1, 0.15) is 23.2 Å². The fourth-order valence-corrected chi connectivity index (χ4v) is 2.75. The van der Waals surface area contributed by atoms with E-state index in [1.54, 1.807) is 54.6 Å². The van der Waals surface area contributed by atoms with Crippen LogP contribution < -0.4 is 5.32 Å². The van der Waals surface area contributed by atoms with E-state index in [2.05, 4.69) is 5.32 Å². The first kappa shape index (κ1) is 17.0. The normalized spacial score (nSPS) is 10.6. The second-order valence-electron chi connectivity index (χ2n) is 5.66. The zero-order valence-corrected chi connectivity index (χ0v) is 14.1. The number of nitrogens with one attached hydrogen (secondary N) is 1. The number of anilines is 1. The molecular weight excluding hydrogens is 338 g/mol. The van der Waals surface area contributed by atoms with Gasteiger partial charge in [-0.2, -0.15) is 0 Å². The van der Waals surface area contributed by atoms with Crippen molar-refractivity contribution in [3.05, 3.63) is 71.2 Å². The van der Waals surface area contributed by atoms with Gasteiger partial charge in [0.05, 0.1) is 0 Å². The minimum absolute atomic E-state index is 0.0800. The van der Waals surface area contributed by atoms with Gasteiger partial charge < -0.3 is 10.4 Å². The van der Waals surface area contributed by atoms with Crippen molar-refractivity contribution < 1.29 is 14.7 Å². The average Bonchev–Trinajstić information content (AvgIpc) is 2.61. The molecule has 25 heavy (non-hydrogen) atoms. The lowest BCUT2D eigenvalue weighted by Crippen LogP contribution is -2.13. The smallest absolute Gasteiger partial charge is 0.224 e. The number of fused-ring (bicyclic) bond motifs is 1. The molecule has 3 aromatic carbocycles. The number of phenolic OH excluding ortho intramolecular Hbond substituents is 1. The number of rotatable bonds is 5. The molecule has 0 atom stereocenters. The summed E-state index contributed by atoms with van der Waals surface area (Å²) in [7, 11) is 0. The Bertz CT molecular complexity index is 935. The van der Waals surface area contributed by atoms with Gasteiger partial charge in [-0.25, -0.2) is 0 Å². The summed E-state index contributed by atoms with van der Waals surface area (Å²) in [6, 6.07) is 17.0. The highest BCUT2D eigenvalue weighted by Crippen LogP contribution is 2.29. The summed E-state index contributed by atoms with van der Waals surface area (Å²) >= 11 is 5.80. The molecule has 126 valence electrons. The molecule has 0 aliphatic carbocycles. The number of Topliss-reactive ketones (excluding diaryl/α,β-unsaturated/α-hetero) is 1. The molecule has 1 amide bonds. The summed E-state index contributed by atoms with van der Waals surface area (Å²) in [4.78, 5) is 24.3. The van der Waals surface area contributed by atoms with Crippen molar-refractivity contribution >= 4 is 39.8 Å². The van der Waals surface area contributed by atoms with Gasteiger partial charge in [0.2, 0.25) is 5.91 Å². The van der Waals surface area contributed by atoms with Crippen molar-refractivity contribution in [3.8, 4) is 5.75 Å². The molecule has 0 spiro atoms. The second kappa shape index (κ2) is 7.36. The Labute approximate surface area is 150 Å². The molecule has 3 rings (SSSR count). The highest BCUT2D eigenvalue weighted by Gasteiger charge is 2.11. The summed E-state index contributed by atoms with van der Waals surface area (Å²) < 4.78 is 0. The number of aromatic hydroxyl groups is 1. The molecule has 0 unspecified atom stereocenters. The van der Waals surface area contributed by atoms with Crippen molar-refractivity contribution in [1.82, 2.24) is 0 Å². The largest absolute Gasteiger partial charge is 0.507 e. The molecule has 0 saturated carbocycles. The van der Waals surface area contributed by atoms with E-state index in [1.807, 2.05) is 6.07 Å². The van der Waals surface area contributed by atoms with E-state index in [1.165, 1.54) is 0 Å². The molecule has 0 radical (unpaired) electrons. The molecule has 0 heterocycles. The Balaban J connectivity index is 1.66. The van der Waals surface area contributed by atoms with E-state index in [0.29, 0.717) is 21.7 Å². The number of phenols is 1. The minimum Gasteiger partial charge on any atom is -0.507 e. The number of carbonyl (C=O) groups excluding carboxylic acids is 2. The van der Waals surface area contributed by atoms with Crippen molar-refractivity contribution in [3.63, 3.8) is 0 Å². The van der Waals surface area contributed by atoms with E-state index >= 15 is 0 Å². The lowest BCUT2D eigenvalue weighted by Gasteiger charge is -2.09. The molecule has 0 aromatic heterocycles. The zero-order chi connectivity index (χ0) is 17.8. The maximum absolute atomic E-state index is 12.2. The van der Waals surface area contributed by atoms with Gasteiger partial charge >= 0.3 is 0 Å². The quantitative estimate of drug-likeness (QED) is 0.647. The first-order valence-corrected chi connectivity index (χ1v) is 8.22. The zero-order valence-electron chi connectivity index (χ0n) is 13.3. The van der Waals surface area contributed by atoms with Gasteiger partial charge in [-0.3, -0.25) is 9.59 Å². The van der Waals surface area contributed by atoms with Crippen LogP contribution in [0.5, 0.6) is 5.75 Å². The monoisotopic (exact) mass is 353 g/mol. The number of benzene rings is 3. The van der Waals surface area contributed by atoms with Crippen LogP contribution in [0.4, 0.5) is 5.69 Å². The van der Waals surface area contributed by atoms with Crippen molar-refractivity contribution in [1.29, 1.82) is 0 Å². The predicted octanol–water partition coefficient (Wildman–Crippen LogP) is 4.80. The van der Waals surface area contributed by atoms with Crippen LogP contribution in [0.25, 0.3) is 10.8 Å². The minimum atomic E-state index is -0.252. The standard InChI is InChI=1S/C20H16ClNO3/c21-14-9-7-13(8-10-14)18(23)11-12-20(25)22-17-5-1-4-16-15(17)3-2-6-19(16)24/h1-10,24H,11-12H2,(H,22,25). The summed E-state index contributed by atoms with van der Waals surface area (Å²) in [5, 5.41) is 14.7. The lowest BCUT2D eigenvalue weighted by molar-refractivity contribution is -0.116. The Morgan fingerprint density at radius 3 is 2.32 bits per heavy atom. The molecule has 5 heteroatoms. The van der Waals surface area contributed by atoms with E-state index in [4.69, 9.17) is 11.6 Å². The number of hydrogen-bond acceptors (Lipinski definition) is 3. The lowest BCUT2D eigenvalue weighted by atomic mass is 10.1. The number of halogens is 1. The van der Waals surface area contributed by atoms with E-state index in [0.717, 1.165) is 5.39 Å². The Kier molecular flexibility index (Phi) is 5.00. The van der Waals surface area contributed by atoms with E-state index in [-0.39, 0.29) is 30.3 Å². The van der Waals surface area contributed by atoms with Crippen LogP contribution >= 0.6 is 11.6 Å². The van der Waals surface area contributed by atoms with E-state index in [9.17, 15) is 14.7 Å². The van der Waals surface area contributed by atoms with E-state index < -0.39 is 0 Å². The van der Waals surface area contributed by atoms with Gasteiger partial charge in [0.1, 0.15) is 5.75 Å². The molecule has 3 aromatic rings. The molecule has 0 bridgehead atoms. The molecule has 0 saturated heterocycles. The summed E-state index contributed by atoms with van der Waals surface area (Å²) in [5.41, 5.74) is 1.14. The van der Waals surface area contributed by atoms with Crippen LogP contribution in [0, 0.1) is 0 Å². The van der Waals surface area contributed by atoms with Crippen LogP contribution in [0.3, 0.4) is 0 Å². The van der Waals surface area contributed by atoms with Crippen LogP contribution in [0.15, 0.2) is 60.7 Å². The van der Waals surface area contributed by atoms with Crippen LogP contribution in [0.2, 0.25) is 5.02 Å². The maximum atomic E-state index is 12.2. The first-order valence-electron chi connectivity index (χ1n) is 7.84. The third-order valence-corrected chi connectivity index (χ3v) is 4.17. The number of carbonyl (C=O) groups is 2.